The SMILES string of the molecule is CC(C)(C)OC(=O)NC1C(=O)N2C(C(=O)OC(=O)c3ccccc3)=C(O)CCC12. The van der Waals surface area contributed by atoms with Crippen LogP contribution >= 0.6 is 0 Å². The maximum Gasteiger partial charge on any atom is 0.408 e. The summed E-state index contributed by atoms with van der Waals surface area (Å²) in [5.74, 6) is -2.94. The highest BCUT2D eigenvalue weighted by atomic mass is 16.6. The number of benzene rings is 1. The molecule has 154 valence electrons. The molecule has 1 aromatic rings. The first kappa shape index (κ1) is 20.4. The first-order valence-electron chi connectivity index (χ1n) is 9.15. The maximum atomic E-state index is 12.5. The van der Waals surface area contributed by atoms with Crippen LogP contribution < -0.4 is 5.32 Å². The molecule has 1 aromatic carbocycles. The van der Waals surface area contributed by atoms with Gasteiger partial charge < -0.3 is 19.9 Å². The molecule has 29 heavy (non-hydrogen) atoms. The molecule has 1 fully saturated rings. The molecule has 2 N–H and O–H groups in total. The minimum Gasteiger partial charge on any atom is -0.510 e. The molecule has 0 aromatic heterocycles. The Morgan fingerprint density at radius 1 is 1.14 bits per heavy atom. The van der Waals surface area contributed by atoms with E-state index in [1.165, 1.54) is 12.1 Å². The van der Waals surface area contributed by atoms with Crippen molar-refractivity contribution < 1.29 is 33.8 Å². The largest absolute Gasteiger partial charge is 0.510 e. The van der Waals surface area contributed by atoms with E-state index in [1.807, 2.05) is 0 Å². The van der Waals surface area contributed by atoms with Crippen LogP contribution in [0.1, 0.15) is 44.0 Å². The fourth-order valence-corrected chi connectivity index (χ4v) is 3.23. The van der Waals surface area contributed by atoms with Crippen molar-refractivity contribution in [3.63, 3.8) is 0 Å². The fraction of sp³-hybridized carbons (Fsp3) is 0.400. The zero-order valence-electron chi connectivity index (χ0n) is 16.3. The number of fused-ring (bicyclic) bond motifs is 1. The average Bonchev–Trinajstić information content (AvgIpc) is 2.65. The monoisotopic (exact) mass is 402 g/mol. The minimum atomic E-state index is -1.12. The molecular weight excluding hydrogens is 380 g/mol. The van der Waals surface area contributed by atoms with Gasteiger partial charge in [-0.25, -0.2) is 14.4 Å². The molecule has 0 bridgehead atoms. The number of rotatable bonds is 3. The summed E-state index contributed by atoms with van der Waals surface area (Å²) in [7, 11) is 0. The first-order valence-corrected chi connectivity index (χ1v) is 9.15. The molecule has 2 aliphatic rings. The van der Waals surface area contributed by atoms with Gasteiger partial charge in [0.25, 0.3) is 5.91 Å². The lowest BCUT2D eigenvalue weighted by atomic mass is 9.86. The van der Waals surface area contributed by atoms with E-state index in [1.54, 1.807) is 39.0 Å². The molecule has 0 aliphatic carbocycles. The molecule has 2 atom stereocenters. The highest BCUT2D eigenvalue weighted by Crippen LogP contribution is 2.36. The van der Waals surface area contributed by atoms with Gasteiger partial charge in [0.15, 0.2) is 5.70 Å². The molecule has 0 saturated carbocycles. The van der Waals surface area contributed by atoms with Crippen molar-refractivity contribution in [2.45, 2.75) is 51.3 Å². The van der Waals surface area contributed by atoms with Crippen molar-refractivity contribution in [3.05, 3.63) is 47.4 Å². The van der Waals surface area contributed by atoms with Crippen LogP contribution in [0.15, 0.2) is 41.8 Å². The quantitative estimate of drug-likeness (QED) is 0.451. The summed E-state index contributed by atoms with van der Waals surface area (Å²) < 4.78 is 9.98. The van der Waals surface area contributed by atoms with Crippen molar-refractivity contribution in [2.24, 2.45) is 0 Å². The van der Waals surface area contributed by atoms with Gasteiger partial charge in [-0.15, -0.1) is 0 Å². The predicted octanol–water partition coefficient (Wildman–Crippen LogP) is 2.04. The van der Waals surface area contributed by atoms with E-state index in [-0.39, 0.29) is 23.4 Å². The molecule has 3 rings (SSSR count). The van der Waals surface area contributed by atoms with Gasteiger partial charge in [-0.2, -0.15) is 0 Å². The third kappa shape index (κ3) is 4.23. The van der Waals surface area contributed by atoms with E-state index >= 15 is 0 Å². The summed E-state index contributed by atoms with van der Waals surface area (Å²) in [6.07, 6.45) is -0.315. The van der Waals surface area contributed by atoms with E-state index in [9.17, 15) is 24.3 Å². The Balaban J connectivity index is 1.70. The lowest BCUT2D eigenvalue weighted by Crippen LogP contribution is -2.71. The summed E-state index contributed by atoms with van der Waals surface area (Å²) in [4.78, 5) is 50.1. The second kappa shape index (κ2) is 7.57. The van der Waals surface area contributed by atoms with Gasteiger partial charge >= 0.3 is 18.0 Å². The molecule has 2 unspecified atom stereocenters. The van der Waals surface area contributed by atoms with Crippen molar-refractivity contribution in [2.75, 3.05) is 0 Å². The van der Waals surface area contributed by atoms with Crippen LogP contribution in [0, 0.1) is 0 Å². The summed E-state index contributed by atoms with van der Waals surface area (Å²) in [5, 5.41) is 12.6. The van der Waals surface area contributed by atoms with Crippen molar-refractivity contribution >= 4 is 23.9 Å². The number of aliphatic hydroxyl groups excluding tert-OH is 1. The second-order valence-corrected chi connectivity index (χ2v) is 7.78. The van der Waals surface area contributed by atoms with Gasteiger partial charge in [-0.3, -0.25) is 9.69 Å². The van der Waals surface area contributed by atoms with Crippen LogP contribution in [-0.4, -0.2) is 51.6 Å². The number of esters is 2. The number of hydrogen-bond donors (Lipinski definition) is 2. The minimum absolute atomic E-state index is 0.102. The highest BCUT2D eigenvalue weighted by Gasteiger charge is 2.54. The number of nitrogens with zero attached hydrogens (tertiary/aromatic N) is 1. The summed E-state index contributed by atoms with van der Waals surface area (Å²) in [6, 6.07) is 6.45. The van der Waals surface area contributed by atoms with Crippen LogP contribution in [0.25, 0.3) is 0 Å². The van der Waals surface area contributed by atoms with Crippen molar-refractivity contribution in [3.8, 4) is 0 Å². The lowest BCUT2D eigenvalue weighted by molar-refractivity contribution is -0.155. The molecule has 0 spiro atoms. The maximum absolute atomic E-state index is 12.5. The summed E-state index contributed by atoms with van der Waals surface area (Å²) >= 11 is 0. The zero-order chi connectivity index (χ0) is 21.3. The number of ether oxygens (including phenoxy) is 2. The van der Waals surface area contributed by atoms with Gasteiger partial charge in [0.05, 0.1) is 11.6 Å². The van der Waals surface area contributed by atoms with E-state index in [0.717, 1.165) is 4.90 Å². The van der Waals surface area contributed by atoms with E-state index < -0.39 is 41.6 Å². The number of alkyl carbamates (subject to hydrolysis) is 1. The number of allylic oxidation sites excluding steroid dienone is 1. The number of amides is 2. The van der Waals surface area contributed by atoms with Crippen molar-refractivity contribution in [1.29, 1.82) is 0 Å². The molecule has 1 saturated heterocycles. The van der Waals surface area contributed by atoms with Crippen molar-refractivity contribution in [1.82, 2.24) is 10.2 Å². The van der Waals surface area contributed by atoms with Gasteiger partial charge in [-0.1, -0.05) is 18.2 Å². The predicted molar refractivity (Wildman–Crippen MR) is 99.5 cm³/mol. The van der Waals surface area contributed by atoms with Gasteiger partial charge in [0.2, 0.25) is 0 Å². The van der Waals surface area contributed by atoms with E-state index in [2.05, 4.69) is 5.32 Å². The van der Waals surface area contributed by atoms with Crippen LogP contribution in [0.4, 0.5) is 4.79 Å². The van der Waals surface area contributed by atoms with Crippen LogP contribution in [-0.2, 0) is 19.1 Å². The number of nitrogens with one attached hydrogen (secondary N) is 1. The molecular formula is C20H22N2O7. The number of hydrogen-bond acceptors (Lipinski definition) is 7. The number of β-lactam (4-membered cyclic amide) rings is 1. The summed E-state index contributed by atoms with van der Waals surface area (Å²) in [6.45, 7) is 5.09. The number of aliphatic hydroxyl groups is 1. The molecule has 2 aliphatic heterocycles. The van der Waals surface area contributed by atoms with Crippen LogP contribution in [0.5, 0.6) is 0 Å². The Bertz CT molecular complexity index is 886. The zero-order valence-corrected chi connectivity index (χ0v) is 16.3. The lowest BCUT2D eigenvalue weighted by Gasteiger charge is -2.49. The van der Waals surface area contributed by atoms with Gasteiger partial charge in [0.1, 0.15) is 17.4 Å². The van der Waals surface area contributed by atoms with Gasteiger partial charge in [-0.05, 0) is 39.3 Å². The highest BCUT2D eigenvalue weighted by molar-refractivity contribution is 6.06. The third-order valence-electron chi connectivity index (χ3n) is 4.47. The smallest absolute Gasteiger partial charge is 0.408 e. The van der Waals surface area contributed by atoms with Gasteiger partial charge in [0, 0.05) is 6.42 Å². The normalized spacial score (nSPS) is 21.1. The Morgan fingerprint density at radius 3 is 2.41 bits per heavy atom. The Hall–Kier alpha value is -3.36. The molecule has 9 heteroatoms. The second-order valence-electron chi connectivity index (χ2n) is 7.78. The summed E-state index contributed by atoms with van der Waals surface area (Å²) in [5.41, 5.74) is -0.945. The molecule has 9 nitrogen and oxygen atoms in total. The number of carbonyl (C=O) groups is 4. The molecule has 0 radical (unpaired) electrons. The Morgan fingerprint density at radius 2 is 1.79 bits per heavy atom. The molecule has 2 heterocycles. The van der Waals surface area contributed by atoms with Crippen LogP contribution in [0.2, 0.25) is 0 Å². The van der Waals surface area contributed by atoms with E-state index in [0.29, 0.717) is 6.42 Å². The Labute approximate surface area is 167 Å². The third-order valence-corrected chi connectivity index (χ3v) is 4.47. The fourth-order valence-electron chi connectivity index (χ4n) is 3.23. The topological polar surface area (TPSA) is 122 Å². The number of carbonyl (C=O) groups excluding carboxylic acids is 4. The average molecular weight is 402 g/mol. The standard InChI is InChI=1S/C20H22N2O7/c1-20(2,3)29-19(27)21-14-12-9-10-13(23)15(22(12)16(14)24)18(26)28-17(25)11-7-5-4-6-8-11/h4-8,12,14,23H,9-10H2,1-3H3,(H,21,27). The van der Waals surface area contributed by atoms with E-state index in [4.69, 9.17) is 9.47 Å². The first-order chi connectivity index (χ1) is 13.6. The Kier molecular flexibility index (Phi) is 5.32. The van der Waals surface area contributed by atoms with Crippen LogP contribution in [0.3, 0.4) is 0 Å². The molecule has 2 amide bonds.